The summed E-state index contributed by atoms with van der Waals surface area (Å²) in [5, 5.41) is 2.65. The van der Waals surface area contributed by atoms with Crippen molar-refractivity contribution in [3.63, 3.8) is 0 Å². The molecule has 0 unspecified atom stereocenters. The van der Waals surface area contributed by atoms with Gasteiger partial charge in [-0.05, 0) is 19.3 Å². The first-order chi connectivity index (χ1) is 7.65. The molecule has 3 heteroatoms. The zero-order valence-corrected chi connectivity index (χ0v) is 9.79. The molecule has 0 rings (SSSR count). The average Bonchev–Trinajstić information content (AvgIpc) is 2.32. The number of nitrogens with one attached hydrogen (secondary N) is 1. The molecule has 0 fully saturated rings. The van der Waals surface area contributed by atoms with Crippen molar-refractivity contribution in [2.75, 3.05) is 6.54 Å². The fraction of sp³-hybridized carbons (Fsp3) is 0.385. The van der Waals surface area contributed by atoms with Gasteiger partial charge in [0.05, 0.1) is 5.57 Å². The fourth-order valence-corrected chi connectivity index (χ4v) is 1.11. The molecule has 0 atom stereocenters. The highest BCUT2D eigenvalue weighted by atomic mass is 16.2. The number of carbonyl (C=O) groups excluding carboxylic acids is 2. The Morgan fingerprint density at radius 1 is 1.38 bits per heavy atom. The maximum absolute atomic E-state index is 11.2. The fourth-order valence-electron chi connectivity index (χ4n) is 1.11. The summed E-state index contributed by atoms with van der Waals surface area (Å²) in [6.45, 7) is 9.48. The third kappa shape index (κ3) is 5.96. The lowest BCUT2D eigenvalue weighted by Gasteiger charge is -2.06. The van der Waals surface area contributed by atoms with Gasteiger partial charge < -0.3 is 5.32 Å². The van der Waals surface area contributed by atoms with Crippen LogP contribution in [0.2, 0.25) is 0 Å². The van der Waals surface area contributed by atoms with Crippen molar-refractivity contribution >= 4 is 12.2 Å². The van der Waals surface area contributed by atoms with E-state index < -0.39 is 5.91 Å². The van der Waals surface area contributed by atoms with Crippen LogP contribution in [0.4, 0.5) is 0 Å². The molecule has 0 heterocycles. The Morgan fingerprint density at radius 2 is 2.06 bits per heavy atom. The lowest BCUT2D eigenvalue weighted by molar-refractivity contribution is -0.119. The number of unbranched alkanes of at least 4 members (excludes halogenated alkanes) is 1. The van der Waals surface area contributed by atoms with Gasteiger partial charge in [0.25, 0.3) is 5.91 Å². The van der Waals surface area contributed by atoms with Crippen LogP contribution in [0.1, 0.15) is 26.2 Å². The highest BCUT2D eigenvalue weighted by Gasteiger charge is 2.04. The maximum atomic E-state index is 11.2. The quantitative estimate of drug-likeness (QED) is 0.170. The summed E-state index contributed by atoms with van der Waals surface area (Å²) in [6, 6.07) is 0. The molecular weight excluding hydrogens is 202 g/mol. The number of hydrogen-bond donors (Lipinski definition) is 1. The van der Waals surface area contributed by atoms with Crippen LogP contribution in [0.3, 0.4) is 0 Å². The molecule has 0 bridgehead atoms. The molecule has 0 spiro atoms. The molecule has 1 N–H and O–H groups in total. The molecule has 0 aromatic heterocycles. The average molecular weight is 221 g/mol. The zero-order valence-electron chi connectivity index (χ0n) is 9.79. The van der Waals surface area contributed by atoms with E-state index in [9.17, 15) is 9.59 Å². The Hall–Kier alpha value is -1.64. The summed E-state index contributed by atoms with van der Waals surface area (Å²) in [5.74, 6) is -0.405. The van der Waals surface area contributed by atoms with Crippen molar-refractivity contribution < 1.29 is 9.59 Å². The summed E-state index contributed by atoms with van der Waals surface area (Å²) in [5.41, 5.74) is 1.11. The Bertz CT molecular complexity index is 303. The van der Waals surface area contributed by atoms with Crippen LogP contribution in [0.15, 0.2) is 36.5 Å². The van der Waals surface area contributed by atoms with Gasteiger partial charge in [0.15, 0.2) is 6.29 Å². The first kappa shape index (κ1) is 14.4. The van der Waals surface area contributed by atoms with Crippen LogP contribution in [0, 0.1) is 0 Å². The summed E-state index contributed by atoms with van der Waals surface area (Å²) in [7, 11) is 0. The predicted molar refractivity (Wildman–Crippen MR) is 66.0 cm³/mol. The molecule has 88 valence electrons. The lowest BCUT2D eigenvalue weighted by Crippen LogP contribution is -2.27. The van der Waals surface area contributed by atoms with E-state index in [2.05, 4.69) is 24.6 Å². The van der Waals surface area contributed by atoms with Gasteiger partial charge in [-0.2, -0.15) is 0 Å². The predicted octanol–water partition coefficient (Wildman–Crippen LogP) is 2.16. The van der Waals surface area contributed by atoms with Crippen LogP contribution in [-0.2, 0) is 9.59 Å². The third-order valence-corrected chi connectivity index (χ3v) is 2.17. The van der Waals surface area contributed by atoms with Gasteiger partial charge in [-0.15, -0.1) is 6.58 Å². The van der Waals surface area contributed by atoms with Gasteiger partial charge in [-0.1, -0.05) is 31.2 Å². The van der Waals surface area contributed by atoms with E-state index in [4.69, 9.17) is 0 Å². The van der Waals surface area contributed by atoms with E-state index in [1.165, 1.54) is 0 Å². The molecule has 0 aromatic rings. The SMILES string of the molecule is C=CCC/C=C(\CC)CNC(=O)C(=C)C=O. The Balaban J connectivity index is 4.08. The largest absolute Gasteiger partial charge is 0.348 e. The Labute approximate surface area is 96.9 Å². The van der Waals surface area contributed by atoms with E-state index >= 15 is 0 Å². The van der Waals surface area contributed by atoms with Crippen LogP contribution < -0.4 is 5.32 Å². The van der Waals surface area contributed by atoms with Gasteiger partial charge >= 0.3 is 0 Å². The number of rotatable bonds is 8. The van der Waals surface area contributed by atoms with Gasteiger partial charge in [-0.25, -0.2) is 0 Å². The monoisotopic (exact) mass is 221 g/mol. The minimum atomic E-state index is -0.405. The van der Waals surface area contributed by atoms with Gasteiger partial charge in [0, 0.05) is 6.54 Å². The molecule has 0 aliphatic rings. The van der Waals surface area contributed by atoms with Crippen molar-refractivity contribution in [3.05, 3.63) is 36.5 Å². The second kappa shape index (κ2) is 8.65. The lowest BCUT2D eigenvalue weighted by atomic mass is 10.1. The highest BCUT2D eigenvalue weighted by molar-refractivity contribution is 6.09. The van der Waals surface area contributed by atoms with Crippen molar-refractivity contribution in [2.24, 2.45) is 0 Å². The van der Waals surface area contributed by atoms with E-state index in [0.29, 0.717) is 12.8 Å². The van der Waals surface area contributed by atoms with E-state index in [1.54, 1.807) is 0 Å². The zero-order chi connectivity index (χ0) is 12.4. The van der Waals surface area contributed by atoms with Crippen LogP contribution in [0.5, 0.6) is 0 Å². The number of amides is 1. The number of aldehydes is 1. The summed E-state index contributed by atoms with van der Waals surface area (Å²) < 4.78 is 0. The molecule has 0 saturated carbocycles. The van der Waals surface area contributed by atoms with Crippen LogP contribution >= 0.6 is 0 Å². The minimum absolute atomic E-state index is 0.0402. The summed E-state index contributed by atoms with van der Waals surface area (Å²) >= 11 is 0. The Morgan fingerprint density at radius 3 is 2.56 bits per heavy atom. The highest BCUT2D eigenvalue weighted by Crippen LogP contribution is 2.03. The molecule has 3 nitrogen and oxygen atoms in total. The minimum Gasteiger partial charge on any atom is -0.348 e. The molecule has 0 aromatic carbocycles. The van der Waals surface area contributed by atoms with Crippen molar-refractivity contribution in [1.29, 1.82) is 0 Å². The molecule has 0 radical (unpaired) electrons. The number of allylic oxidation sites excluding steroid dienone is 2. The molecular formula is C13H19NO2. The molecule has 16 heavy (non-hydrogen) atoms. The van der Waals surface area contributed by atoms with E-state index in [0.717, 1.165) is 24.8 Å². The number of carbonyl (C=O) groups is 2. The third-order valence-electron chi connectivity index (χ3n) is 2.17. The Kier molecular flexibility index (Phi) is 7.76. The van der Waals surface area contributed by atoms with Crippen LogP contribution in [-0.4, -0.2) is 18.7 Å². The van der Waals surface area contributed by atoms with Crippen molar-refractivity contribution in [2.45, 2.75) is 26.2 Å². The topological polar surface area (TPSA) is 46.2 Å². The van der Waals surface area contributed by atoms with Gasteiger partial charge in [0.1, 0.15) is 0 Å². The molecule has 1 amide bonds. The maximum Gasteiger partial charge on any atom is 0.254 e. The number of hydrogen-bond acceptors (Lipinski definition) is 2. The van der Waals surface area contributed by atoms with E-state index in [-0.39, 0.29) is 5.57 Å². The van der Waals surface area contributed by atoms with Crippen molar-refractivity contribution in [1.82, 2.24) is 5.32 Å². The summed E-state index contributed by atoms with van der Waals surface area (Å²) in [6.07, 6.45) is 7.14. The van der Waals surface area contributed by atoms with Crippen LogP contribution in [0.25, 0.3) is 0 Å². The molecule has 0 aliphatic heterocycles. The normalized spacial score (nSPS) is 10.7. The van der Waals surface area contributed by atoms with Gasteiger partial charge in [0.2, 0.25) is 0 Å². The van der Waals surface area contributed by atoms with Crippen molar-refractivity contribution in [3.8, 4) is 0 Å². The second-order valence-corrected chi connectivity index (χ2v) is 3.41. The summed E-state index contributed by atoms with van der Waals surface area (Å²) in [4.78, 5) is 21.5. The molecule has 0 saturated heterocycles. The van der Waals surface area contributed by atoms with E-state index in [1.807, 2.05) is 13.0 Å². The van der Waals surface area contributed by atoms with Gasteiger partial charge in [-0.3, -0.25) is 9.59 Å². The molecule has 0 aliphatic carbocycles. The smallest absolute Gasteiger partial charge is 0.254 e. The first-order valence-corrected chi connectivity index (χ1v) is 5.36. The first-order valence-electron chi connectivity index (χ1n) is 5.36. The standard InChI is InChI=1S/C13H19NO2/c1-4-6-7-8-12(5-2)9-14-13(16)11(3)10-15/h4,8,10H,1,3,5-7,9H2,2H3,(H,14,16)/b12-8+. The second-order valence-electron chi connectivity index (χ2n) is 3.41.